The SMILES string of the molecule is Cc1cc(C=O)cc(C)c1OCC#Cc1ccccc1. The summed E-state index contributed by atoms with van der Waals surface area (Å²) in [6, 6.07) is 13.4. The molecule has 0 fully saturated rings. The summed E-state index contributed by atoms with van der Waals surface area (Å²) in [7, 11) is 0. The lowest BCUT2D eigenvalue weighted by Crippen LogP contribution is -1.99. The van der Waals surface area contributed by atoms with E-state index in [-0.39, 0.29) is 0 Å². The highest BCUT2D eigenvalue weighted by atomic mass is 16.5. The number of aldehydes is 1. The van der Waals surface area contributed by atoms with Crippen LogP contribution in [0.5, 0.6) is 5.75 Å². The summed E-state index contributed by atoms with van der Waals surface area (Å²) in [6.07, 6.45) is 0.846. The molecule has 2 aromatic carbocycles. The Balaban J connectivity index is 2.05. The van der Waals surface area contributed by atoms with Crippen molar-refractivity contribution in [3.63, 3.8) is 0 Å². The van der Waals surface area contributed by atoms with Gasteiger partial charge in [-0.1, -0.05) is 30.0 Å². The normalized spacial score (nSPS) is 9.50. The maximum Gasteiger partial charge on any atom is 0.150 e. The van der Waals surface area contributed by atoms with Crippen LogP contribution in [0.2, 0.25) is 0 Å². The van der Waals surface area contributed by atoms with Gasteiger partial charge in [0.05, 0.1) is 0 Å². The summed E-state index contributed by atoms with van der Waals surface area (Å²) in [5, 5.41) is 0. The van der Waals surface area contributed by atoms with Crippen LogP contribution in [-0.4, -0.2) is 12.9 Å². The molecule has 0 saturated carbocycles. The Labute approximate surface area is 119 Å². The topological polar surface area (TPSA) is 26.3 Å². The number of rotatable bonds is 3. The van der Waals surface area contributed by atoms with Crippen molar-refractivity contribution in [1.82, 2.24) is 0 Å². The van der Waals surface area contributed by atoms with Gasteiger partial charge in [-0.3, -0.25) is 4.79 Å². The van der Waals surface area contributed by atoms with E-state index in [9.17, 15) is 4.79 Å². The molecule has 0 radical (unpaired) electrons. The predicted molar refractivity (Wildman–Crippen MR) is 80.1 cm³/mol. The van der Waals surface area contributed by atoms with Crippen molar-refractivity contribution in [1.29, 1.82) is 0 Å². The number of hydrogen-bond acceptors (Lipinski definition) is 2. The van der Waals surface area contributed by atoms with Crippen LogP contribution in [0.1, 0.15) is 27.0 Å². The first-order chi connectivity index (χ1) is 9.70. The molecule has 2 rings (SSSR count). The molecule has 0 spiro atoms. The van der Waals surface area contributed by atoms with E-state index < -0.39 is 0 Å². The van der Waals surface area contributed by atoms with Gasteiger partial charge in [0.2, 0.25) is 0 Å². The molecular weight excluding hydrogens is 248 g/mol. The average Bonchev–Trinajstić information content (AvgIpc) is 2.46. The Hall–Kier alpha value is -2.53. The third kappa shape index (κ3) is 3.49. The first kappa shape index (κ1) is 13.9. The Morgan fingerprint density at radius 2 is 1.75 bits per heavy atom. The fraction of sp³-hybridized carbons (Fsp3) is 0.167. The second kappa shape index (κ2) is 6.58. The van der Waals surface area contributed by atoms with Gasteiger partial charge in [0.25, 0.3) is 0 Å². The van der Waals surface area contributed by atoms with Crippen LogP contribution in [0.4, 0.5) is 0 Å². The molecule has 0 amide bonds. The van der Waals surface area contributed by atoms with Crippen LogP contribution in [0, 0.1) is 25.7 Å². The standard InChI is InChI=1S/C18H16O2/c1-14-11-17(13-19)12-15(2)18(14)20-10-6-9-16-7-4-3-5-8-16/h3-5,7-8,11-13H,10H2,1-2H3. The fourth-order valence-corrected chi connectivity index (χ4v) is 2.05. The van der Waals surface area contributed by atoms with Gasteiger partial charge in [-0.05, 0) is 49.2 Å². The summed E-state index contributed by atoms with van der Waals surface area (Å²) in [5.41, 5.74) is 3.55. The van der Waals surface area contributed by atoms with Crippen molar-refractivity contribution in [3.05, 3.63) is 64.7 Å². The quantitative estimate of drug-likeness (QED) is 0.626. The number of benzene rings is 2. The molecule has 0 atom stereocenters. The first-order valence-corrected chi connectivity index (χ1v) is 6.44. The van der Waals surface area contributed by atoms with Crippen molar-refractivity contribution in [2.75, 3.05) is 6.61 Å². The highest BCUT2D eigenvalue weighted by Crippen LogP contribution is 2.24. The molecule has 0 bridgehead atoms. The van der Waals surface area contributed by atoms with Crippen molar-refractivity contribution >= 4 is 6.29 Å². The van der Waals surface area contributed by atoms with E-state index in [0.717, 1.165) is 28.7 Å². The Morgan fingerprint density at radius 3 is 2.35 bits per heavy atom. The zero-order valence-electron chi connectivity index (χ0n) is 11.6. The van der Waals surface area contributed by atoms with E-state index in [4.69, 9.17) is 4.74 Å². The molecule has 100 valence electrons. The zero-order valence-corrected chi connectivity index (χ0v) is 11.6. The predicted octanol–water partition coefficient (Wildman–Crippen LogP) is 3.55. The molecule has 0 N–H and O–H groups in total. The number of aryl methyl sites for hydroxylation is 2. The van der Waals surface area contributed by atoms with Crippen molar-refractivity contribution in [3.8, 4) is 17.6 Å². The largest absolute Gasteiger partial charge is 0.480 e. The summed E-state index contributed by atoms with van der Waals surface area (Å²) in [4.78, 5) is 10.8. The average molecular weight is 264 g/mol. The van der Waals surface area contributed by atoms with Gasteiger partial charge in [0.15, 0.2) is 0 Å². The monoisotopic (exact) mass is 264 g/mol. The summed E-state index contributed by atoms with van der Waals surface area (Å²) in [5.74, 6) is 6.84. The van der Waals surface area contributed by atoms with Crippen LogP contribution in [-0.2, 0) is 0 Å². The summed E-state index contributed by atoms with van der Waals surface area (Å²) < 4.78 is 5.70. The van der Waals surface area contributed by atoms with Gasteiger partial charge in [-0.15, -0.1) is 0 Å². The van der Waals surface area contributed by atoms with Gasteiger partial charge >= 0.3 is 0 Å². The molecule has 0 unspecified atom stereocenters. The van der Waals surface area contributed by atoms with E-state index in [1.165, 1.54) is 0 Å². The van der Waals surface area contributed by atoms with Crippen molar-refractivity contribution in [2.45, 2.75) is 13.8 Å². The molecule has 0 saturated heterocycles. The van der Waals surface area contributed by atoms with Gasteiger partial charge in [0.1, 0.15) is 18.6 Å². The second-order valence-electron chi connectivity index (χ2n) is 4.56. The highest BCUT2D eigenvalue weighted by molar-refractivity contribution is 5.76. The third-order valence-corrected chi connectivity index (χ3v) is 2.91. The molecule has 0 aromatic heterocycles. The van der Waals surface area contributed by atoms with E-state index in [1.807, 2.05) is 56.3 Å². The minimum absolute atomic E-state index is 0.330. The lowest BCUT2D eigenvalue weighted by molar-refractivity contribution is 0.112. The first-order valence-electron chi connectivity index (χ1n) is 6.44. The number of hydrogen-bond donors (Lipinski definition) is 0. The van der Waals surface area contributed by atoms with E-state index in [0.29, 0.717) is 12.2 Å². The highest BCUT2D eigenvalue weighted by Gasteiger charge is 2.05. The van der Waals surface area contributed by atoms with Gasteiger partial charge < -0.3 is 4.74 Å². The number of carbonyl (C=O) groups excluding carboxylic acids is 1. The molecule has 0 aliphatic heterocycles. The number of carbonyl (C=O) groups is 1. The molecular formula is C18H16O2. The van der Waals surface area contributed by atoms with Crippen LogP contribution < -0.4 is 4.74 Å². The van der Waals surface area contributed by atoms with Crippen LogP contribution in [0.25, 0.3) is 0 Å². The van der Waals surface area contributed by atoms with E-state index in [2.05, 4.69) is 11.8 Å². The summed E-state index contributed by atoms with van der Waals surface area (Å²) in [6.45, 7) is 4.19. The van der Waals surface area contributed by atoms with Crippen molar-refractivity contribution in [2.24, 2.45) is 0 Å². The van der Waals surface area contributed by atoms with Crippen LogP contribution in [0.3, 0.4) is 0 Å². The molecule has 0 aliphatic rings. The Bertz CT molecular complexity index is 638. The van der Waals surface area contributed by atoms with Crippen molar-refractivity contribution < 1.29 is 9.53 Å². The van der Waals surface area contributed by atoms with E-state index in [1.54, 1.807) is 0 Å². The number of ether oxygens (including phenoxy) is 1. The van der Waals surface area contributed by atoms with Crippen LogP contribution >= 0.6 is 0 Å². The third-order valence-electron chi connectivity index (χ3n) is 2.91. The fourth-order valence-electron chi connectivity index (χ4n) is 2.05. The molecule has 2 heteroatoms. The maximum atomic E-state index is 10.8. The summed E-state index contributed by atoms with van der Waals surface area (Å²) >= 11 is 0. The molecule has 0 heterocycles. The maximum absolute atomic E-state index is 10.8. The van der Waals surface area contributed by atoms with Gasteiger partial charge in [-0.2, -0.15) is 0 Å². The Kier molecular flexibility index (Phi) is 4.57. The van der Waals surface area contributed by atoms with Crippen LogP contribution in [0.15, 0.2) is 42.5 Å². The smallest absolute Gasteiger partial charge is 0.150 e. The molecule has 20 heavy (non-hydrogen) atoms. The second-order valence-corrected chi connectivity index (χ2v) is 4.56. The molecule has 2 nitrogen and oxygen atoms in total. The molecule has 2 aromatic rings. The van der Waals surface area contributed by atoms with Gasteiger partial charge in [0, 0.05) is 11.1 Å². The van der Waals surface area contributed by atoms with Gasteiger partial charge in [-0.25, -0.2) is 0 Å². The minimum atomic E-state index is 0.330. The van der Waals surface area contributed by atoms with E-state index >= 15 is 0 Å². The lowest BCUT2D eigenvalue weighted by Gasteiger charge is -2.10. The minimum Gasteiger partial charge on any atom is -0.480 e. The molecule has 0 aliphatic carbocycles. The zero-order chi connectivity index (χ0) is 14.4. The Morgan fingerprint density at radius 1 is 1.10 bits per heavy atom. The lowest BCUT2D eigenvalue weighted by atomic mass is 10.1.